The SMILES string of the molecule is Cc1nn(-c2ccccc2)cc1CCCNC(=O)c1cc(Cl)ccc1Cl. The predicted molar refractivity (Wildman–Crippen MR) is 105 cm³/mol. The number of hydrogen-bond acceptors (Lipinski definition) is 2. The lowest BCUT2D eigenvalue weighted by Gasteiger charge is -2.07. The highest BCUT2D eigenvalue weighted by molar-refractivity contribution is 6.35. The molecule has 0 spiro atoms. The van der Waals surface area contributed by atoms with E-state index in [9.17, 15) is 4.79 Å². The van der Waals surface area contributed by atoms with E-state index in [1.54, 1.807) is 18.2 Å². The zero-order chi connectivity index (χ0) is 18.5. The second-order valence-electron chi connectivity index (χ2n) is 6.00. The summed E-state index contributed by atoms with van der Waals surface area (Å²) in [5.41, 5.74) is 3.60. The summed E-state index contributed by atoms with van der Waals surface area (Å²) in [6.45, 7) is 2.55. The van der Waals surface area contributed by atoms with Gasteiger partial charge in [0.25, 0.3) is 5.91 Å². The number of para-hydroxylation sites is 1. The average Bonchev–Trinajstić information content (AvgIpc) is 3.02. The van der Waals surface area contributed by atoms with Crippen LogP contribution in [0.2, 0.25) is 10.0 Å². The van der Waals surface area contributed by atoms with Crippen LogP contribution < -0.4 is 5.32 Å². The Balaban J connectivity index is 1.55. The van der Waals surface area contributed by atoms with Crippen LogP contribution in [0.4, 0.5) is 0 Å². The number of benzene rings is 2. The molecule has 1 heterocycles. The smallest absolute Gasteiger partial charge is 0.252 e. The van der Waals surface area contributed by atoms with Crippen molar-refractivity contribution in [1.82, 2.24) is 15.1 Å². The molecule has 3 rings (SSSR count). The van der Waals surface area contributed by atoms with Crippen LogP contribution in [0.15, 0.2) is 54.7 Å². The van der Waals surface area contributed by atoms with Crippen LogP contribution in [-0.4, -0.2) is 22.2 Å². The lowest BCUT2D eigenvalue weighted by atomic mass is 10.1. The molecule has 6 heteroatoms. The van der Waals surface area contributed by atoms with Crippen molar-refractivity contribution < 1.29 is 4.79 Å². The first kappa shape index (κ1) is 18.5. The molecule has 1 N–H and O–H groups in total. The third-order valence-electron chi connectivity index (χ3n) is 4.10. The summed E-state index contributed by atoms with van der Waals surface area (Å²) in [7, 11) is 0. The minimum atomic E-state index is -0.214. The van der Waals surface area contributed by atoms with Crippen molar-refractivity contribution >= 4 is 29.1 Å². The van der Waals surface area contributed by atoms with Gasteiger partial charge < -0.3 is 5.32 Å². The second kappa shape index (κ2) is 8.39. The van der Waals surface area contributed by atoms with E-state index in [1.807, 2.05) is 48.1 Å². The van der Waals surface area contributed by atoms with E-state index < -0.39 is 0 Å². The van der Waals surface area contributed by atoms with Crippen molar-refractivity contribution in [2.75, 3.05) is 6.54 Å². The molecule has 0 bridgehead atoms. The van der Waals surface area contributed by atoms with Gasteiger partial charge in [-0.2, -0.15) is 5.10 Å². The topological polar surface area (TPSA) is 46.9 Å². The van der Waals surface area contributed by atoms with E-state index in [4.69, 9.17) is 23.2 Å². The standard InChI is InChI=1S/C20H19Cl2N3O/c1-14-15(13-25(24-14)17-7-3-2-4-8-17)6-5-11-23-20(26)18-12-16(21)9-10-19(18)22/h2-4,7-10,12-13H,5-6,11H2,1H3,(H,23,26). The van der Waals surface area contributed by atoms with Gasteiger partial charge >= 0.3 is 0 Å². The molecule has 4 nitrogen and oxygen atoms in total. The lowest BCUT2D eigenvalue weighted by molar-refractivity contribution is 0.0953. The molecule has 0 aliphatic rings. The Labute approximate surface area is 162 Å². The van der Waals surface area contributed by atoms with E-state index in [-0.39, 0.29) is 5.91 Å². The van der Waals surface area contributed by atoms with Crippen LogP contribution in [0.5, 0.6) is 0 Å². The van der Waals surface area contributed by atoms with Crippen molar-refractivity contribution in [2.45, 2.75) is 19.8 Å². The average molecular weight is 388 g/mol. The number of amides is 1. The molecule has 0 aliphatic heterocycles. The first-order chi connectivity index (χ1) is 12.5. The van der Waals surface area contributed by atoms with E-state index >= 15 is 0 Å². The molecule has 0 atom stereocenters. The maximum Gasteiger partial charge on any atom is 0.252 e. The van der Waals surface area contributed by atoms with Gasteiger partial charge in [-0.25, -0.2) is 4.68 Å². The molecule has 0 radical (unpaired) electrons. The maximum atomic E-state index is 12.2. The number of rotatable bonds is 6. The molecular weight excluding hydrogens is 369 g/mol. The Morgan fingerprint density at radius 1 is 1.15 bits per heavy atom. The Hall–Kier alpha value is -2.30. The number of carbonyl (C=O) groups is 1. The molecule has 3 aromatic rings. The van der Waals surface area contributed by atoms with Crippen LogP contribution in [0.3, 0.4) is 0 Å². The Morgan fingerprint density at radius 2 is 1.92 bits per heavy atom. The van der Waals surface area contributed by atoms with Crippen molar-refractivity contribution in [3.05, 3.63) is 81.6 Å². The van der Waals surface area contributed by atoms with E-state index in [0.29, 0.717) is 22.2 Å². The molecule has 134 valence electrons. The Morgan fingerprint density at radius 3 is 2.69 bits per heavy atom. The van der Waals surface area contributed by atoms with Gasteiger partial charge in [-0.15, -0.1) is 0 Å². The first-order valence-electron chi connectivity index (χ1n) is 8.38. The van der Waals surface area contributed by atoms with Gasteiger partial charge in [-0.3, -0.25) is 4.79 Å². The van der Waals surface area contributed by atoms with E-state index in [1.165, 1.54) is 5.56 Å². The molecule has 0 unspecified atom stereocenters. The van der Waals surface area contributed by atoms with Crippen molar-refractivity contribution in [3.63, 3.8) is 0 Å². The zero-order valence-corrected chi connectivity index (χ0v) is 15.9. The van der Waals surface area contributed by atoms with Crippen LogP contribution in [0.1, 0.15) is 28.0 Å². The molecule has 2 aromatic carbocycles. The number of aromatic nitrogens is 2. The van der Waals surface area contributed by atoms with Crippen molar-refractivity contribution in [3.8, 4) is 5.69 Å². The lowest BCUT2D eigenvalue weighted by Crippen LogP contribution is -2.25. The first-order valence-corrected chi connectivity index (χ1v) is 9.14. The van der Waals surface area contributed by atoms with E-state index in [0.717, 1.165) is 24.2 Å². The number of nitrogens with zero attached hydrogens (tertiary/aromatic N) is 2. The minimum Gasteiger partial charge on any atom is -0.352 e. The highest BCUT2D eigenvalue weighted by Gasteiger charge is 2.11. The summed E-state index contributed by atoms with van der Waals surface area (Å²) >= 11 is 12.0. The van der Waals surface area contributed by atoms with Gasteiger partial charge in [0.15, 0.2) is 0 Å². The molecule has 0 aliphatic carbocycles. The highest BCUT2D eigenvalue weighted by Crippen LogP contribution is 2.20. The van der Waals surface area contributed by atoms with Gasteiger partial charge in [0.2, 0.25) is 0 Å². The minimum absolute atomic E-state index is 0.214. The van der Waals surface area contributed by atoms with Crippen LogP contribution >= 0.6 is 23.2 Å². The van der Waals surface area contributed by atoms with Gasteiger partial charge in [0, 0.05) is 17.8 Å². The van der Waals surface area contributed by atoms with Crippen LogP contribution in [0.25, 0.3) is 5.69 Å². The molecule has 0 saturated carbocycles. The fraction of sp³-hybridized carbons (Fsp3) is 0.200. The fourth-order valence-corrected chi connectivity index (χ4v) is 3.08. The third kappa shape index (κ3) is 4.45. The summed E-state index contributed by atoms with van der Waals surface area (Å²) < 4.78 is 1.88. The van der Waals surface area contributed by atoms with Gasteiger partial charge in [0.05, 0.1) is 22.0 Å². The van der Waals surface area contributed by atoms with Gasteiger partial charge in [0.1, 0.15) is 0 Å². The predicted octanol–water partition coefficient (Wildman–Crippen LogP) is 4.85. The van der Waals surface area contributed by atoms with Gasteiger partial charge in [-0.05, 0) is 55.7 Å². The summed E-state index contributed by atoms with van der Waals surface area (Å²) in [6.07, 6.45) is 3.69. The zero-order valence-electron chi connectivity index (χ0n) is 14.4. The van der Waals surface area contributed by atoms with Crippen molar-refractivity contribution in [1.29, 1.82) is 0 Å². The summed E-state index contributed by atoms with van der Waals surface area (Å²) in [5.74, 6) is -0.214. The van der Waals surface area contributed by atoms with Gasteiger partial charge in [-0.1, -0.05) is 41.4 Å². The van der Waals surface area contributed by atoms with Crippen molar-refractivity contribution in [2.24, 2.45) is 0 Å². The number of halogens is 2. The molecule has 0 fully saturated rings. The molecular formula is C20H19Cl2N3O. The molecule has 1 amide bonds. The molecule has 1 aromatic heterocycles. The monoisotopic (exact) mass is 387 g/mol. The normalized spacial score (nSPS) is 10.7. The summed E-state index contributed by atoms with van der Waals surface area (Å²) in [6, 6.07) is 14.9. The molecule has 26 heavy (non-hydrogen) atoms. The number of hydrogen-bond donors (Lipinski definition) is 1. The summed E-state index contributed by atoms with van der Waals surface area (Å²) in [5, 5.41) is 8.33. The third-order valence-corrected chi connectivity index (χ3v) is 4.67. The largest absolute Gasteiger partial charge is 0.352 e. The molecule has 0 saturated heterocycles. The quantitative estimate of drug-likeness (QED) is 0.614. The Kier molecular flexibility index (Phi) is 5.96. The van der Waals surface area contributed by atoms with Crippen LogP contribution in [-0.2, 0) is 6.42 Å². The summed E-state index contributed by atoms with van der Waals surface area (Å²) in [4.78, 5) is 12.2. The Bertz CT molecular complexity index is 907. The van der Waals surface area contributed by atoms with Crippen LogP contribution in [0, 0.1) is 6.92 Å². The van der Waals surface area contributed by atoms with E-state index in [2.05, 4.69) is 10.4 Å². The number of aryl methyl sites for hydroxylation is 2. The number of carbonyl (C=O) groups excluding carboxylic acids is 1. The highest BCUT2D eigenvalue weighted by atomic mass is 35.5. The number of nitrogens with one attached hydrogen (secondary N) is 1. The fourth-order valence-electron chi connectivity index (χ4n) is 2.70. The maximum absolute atomic E-state index is 12.2. The second-order valence-corrected chi connectivity index (χ2v) is 6.85.